The van der Waals surface area contributed by atoms with Gasteiger partial charge in [-0.05, 0) is 31.4 Å². The van der Waals surface area contributed by atoms with Crippen molar-refractivity contribution >= 4 is 10.9 Å². The number of aryl methyl sites for hydroxylation is 2. The van der Waals surface area contributed by atoms with E-state index in [0.717, 1.165) is 29.9 Å². The summed E-state index contributed by atoms with van der Waals surface area (Å²) in [5.74, 6) is 1.65. The van der Waals surface area contributed by atoms with E-state index >= 15 is 0 Å². The lowest BCUT2D eigenvalue weighted by molar-refractivity contribution is 0.397. The van der Waals surface area contributed by atoms with Gasteiger partial charge in [0.15, 0.2) is 0 Å². The molecule has 0 saturated heterocycles. The van der Waals surface area contributed by atoms with Gasteiger partial charge in [-0.25, -0.2) is 0 Å². The smallest absolute Gasteiger partial charge is 0.146 e. The molecule has 1 heterocycles. The van der Waals surface area contributed by atoms with Gasteiger partial charge in [0, 0.05) is 30.7 Å². The van der Waals surface area contributed by atoms with Gasteiger partial charge < -0.3 is 19.8 Å². The number of methoxy groups -OCH3 is 2. The third-order valence-electron chi connectivity index (χ3n) is 3.42. The largest absolute Gasteiger partial charge is 0.497 e. The average Bonchev–Trinajstić information content (AvgIpc) is 2.72. The van der Waals surface area contributed by atoms with Crippen molar-refractivity contribution in [3.8, 4) is 11.5 Å². The minimum absolute atomic E-state index is 0.211. The molecule has 0 spiro atoms. The number of ether oxygens (including phenoxy) is 2. The molecule has 2 N–H and O–H groups in total. The maximum absolute atomic E-state index is 5.85. The molecule has 0 amide bonds. The number of fused-ring (bicyclic) bond motifs is 1. The Bertz CT molecular complexity index is 573. The standard InChI is InChI=1S/C15H22N2O2/c1-10(16)5-6-11-9-17(2)15-13(11)7-12(18-3)8-14(15)19-4/h7-10H,5-6,16H2,1-4H3. The van der Waals surface area contributed by atoms with Crippen LogP contribution in [0.1, 0.15) is 18.9 Å². The van der Waals surface area contributed by atoms with Gasteiger partial charge >= 0.3 is 0 Å². The number of hydrogen-bond acceptors (Lipinski definition) is 3. The summed E-state index contributed by atoms with van der Waals surface area (Å²) in [6.07, 6.45) is 4.08. The summed E-state index contributed by atoms with van der Waals surface area (Å²) in [6, 6.07) is 4.19. The Morgan fingerprint density at radius 2 is 2.00 bits per heavy atom. The Morgan fingerprint density at radius 1 is 1.26 bits per heavy atom. The van der Waals surface area contributed by atoms with E-state index in [1.807, 2.05) is 20.0 Å². The Labute approximate surface area is 114 Å². The van der Waals surface area contributed by atoms with Crippen molar-refractivity contribution in [3.63, 3.8) is 0 Å². The Kier molecular flexibility index (Phi) is 4.00. The van der Waals surface area contributed by atoms with Crippen LogP contribution in [0.2, 0.25) is 0 Å². The van der Waals surface area contributed by atoms with Gasteiger partial charge in [0.2, 0.25) is 0 Å². The van der Waals surface area contributed by atoms with E-state index in [1.54, 1.807) is 14.2 Å². The molecule has 0 aliphatic heterocycles. The van der Waals surface area contributed by atoms with Crippen LogP contribution in [-0.2, 0) is 13.5 Å². The predicted octanol–water partition coefficient (Wildman–Crippen LogP) is 2.48. The van der Waals surface area contributed by atoms with Gasteiger partial charge in [-0.15, -0.1) is 0 Å². The molecule has 4 nitrogen and oxygen atoms in total. The second-order valence-electron chi connectivity index (χ2n) is 5.01. The molecule has 0 radical (unpaired) electrons. The van der Waals surface area contributed by atoms with Crippen molar-refractivity contribution in [2.24, 2.45) is 12.8 Å². The number of rotatable bonds is 5. The lowest BCUT2D eigenvalue weighted by Crippen LogP contribution is -2.15. The van der Waals surface area contributed by atoms with E-state index < -0.39 is 0 Å². The normalized spacial score (nSPS) is 12.7. The number of nitrogens with two attached hydrogens (primary N) is 1. The van der Waals surface area contributed by atoms with Crippen LogP contribution in [0.15, 0.2) is 18.3 Å². The van der Waals surface area contributed by atoms with E-state index in [-0.39, 0.29) is 6.04 Å². The molecule has 0 aliphatic carbocycles. The zero-order valence-electron chi connectivity index (χ0n) is 12.1. The molecule has 2 aromatic rings. The van der Waals surface area contributed by atoms with Crippen molar-refractivity contribution in [2.45, 2.75) is 25.8 Å². The maximum Gasteiger partial charge on any atom is 0.146 e. The third-order valence-corrected chi connectivity index (χ3v) is 3.42. The van der Waals surface area contributed by atoms with E-state index in [9.17, 15) is 0 Å². The summed E-state index contributed by atoms with van der Waals surface area (Å²) in [5.41, 5.74) is 8.23. The highest BCUT2D eigenvalue weighted by atomic mass is 16.5. The zero-order chi connectivity index (χ0) is 14.0. The fourth-order valence-corrected chi connectivity index (χ4v) is 2.41. The van der Waals surface area contributed by atoms with Gasteiger partial charge in [0.05, 0.1) is 19.7 Å². The zero-order valence-corrected chi connectivity index (χ0v) is 12.1. The molecular formula is C15H22N2O2. The summed E-state index contributed by atoms with van der Waals surface area (Å²) in [5, 5.41) is 1.18. The van der Waals surface area contributed by atoms with Crippen LogP contribution in [0, 0.1) is 0 Å². The van der Waals surface area contributed by atoms with Gasteiger partial charge in [-0.1, -0.05) is 0 Å². The molecule has 1 unspecified atom stereocenters. The van der Waals surface area contributed by atoms with Gasteiger partial charge in [-0.2, -0.15) is 0 Å². The molecule has 0 aliphatic rings. The van der Waals surface area contributed by atoms with Gasteiger partial charge in [-0.3, -0.25) is 0 Å². The quantitative estimate of drug-likeness (QED) is 0.900. The van der Waals surface area contributed by atoms with Crippen molar-refractivity contribution in [2.75, 3.05) is 14.2 Å². The molecule has 1 aromatic heterocycles. The second kappa shape index (κ2) is 5.53. The molecule has 1 atom stereocenters. The van der Waals surface area contributed by atoms with Crippen molar-refractivity contribution in [3.05, 3.63) is 23.9 Å². The lowest BCUT2D eigenvalue weighted by Gasteiger charge is -2.08. The summed E-state index contributed by atoms with van der Waals surface area (Å²) in [7, 11) is 5.39. The van der Waals surface area contributed by atoms with E-state index in [4.69, 9.17) is 15.2 Å². The molecule has 0 saturated carbocycles. The van der Waals surface area contributed by atoms with Crippen molar-refractivity contribution in [1.29, 1.82) is 0 Å². The van der Waals surface area contributed by atoms with Crippen LogP contribution in [0.4, 0.5) is 0 Å². The van der Waals surface area contributed by atoms with Crippen LogP contribution >= 0.6 is 0 Å². The number of aromatic nitrogens is 1. The Hall–Kier alpha value is -1.68. The van der Waals surface area contributed by atoms with Crippen LogP contribution in [0.25, 0.3) is 10.9 Å². The topological polar surface area (TPSA) is 49.4 Å². The van der Waals surface area contributed by atoms with Crippen LogP contribution in [0.5, 0.6) is 11.5 Å². The summed E-state index contributed by atoms with van der Waals surface area (Å²) in [4.78, 5) is 0. The number of benzene rings is 1. The third kappa shape index (κ3) is 2.68. The van der Waals surface area contributed by atoms with Gasteiger partial charge in [0.25, 0.3) is 0 Å². The molecular weight excluding hydrogens is 240 g/mol. The fourth-order valence-electron chi connectivity index (χ4n) is 2.41. The molecule has 104 valence electrons. The molecule has 0 fully saturated rings. The molecule has 4 heteroatoms. The second-order valence-corrected chi connectivity index (χ2v) is 5.01. The SMILES string of the molecule is COc1cc(OC)c2c(c1)c(CCC(C)N)cn2C. The van der Waals surface area contributed by atoms with E-state index in [2.05, 4.69) is 16.8 Å². The predicted molar refractivity (Wildman–Crippen MR) is 78.0 cm³/mol. The summed E-state index contributed by atoms with van der Waals surface area (Å²) >= 11 is 0. The van der Waals surface area contributed by atoms with E-state index in [1.165, 1.54) is 10.9 Å². The first-order valence-electron chi connectivity index (χ1n) is 6.52. The van der Waals surface area contributed by atoms with Crippen LogP contribution in [0.3, 0.4) is 0 Å². The molecule has 0 bridgehead atoms. The minimum atomic E-state index is 0.211. The lowest BCUT2D eigenvalue weighted by atomic mass is 10.1. The fraction of sp³-hybridized carbons (Fsp3) is 0.467. The molecule has 1 aromatic carbocycles. The van der Waals surface area contributed by atoms with Crippen molar-refractivity contribution < 1.29 is 9.47 Å². The monoisotopic (exact) mass is 262 g/mol. The minimum Gasteiger partial charge on any atom is -0.497 e. The highest BCUT2D eigenvalue weighted by molar-refractivity contribution is 5.90. The van der Waals surface area contributed by atoms with Gasteiger partial charge in [0.1, 0.15) is 11.5 Å². The first-order valence-corrected chi connectivity index (χ1v) is 6.52. The molecule has 19 heavy (non-hydrogen) atoms. The van der Waals surface area contributed by atoms with Crippen LogP contribution in [-0.4, -0.2) is 24.8 Å². The average molecular weight is 262 g/mol. The first kappa shape index (κ1) is 13.7. The number of hydrogen-bond donors (Lipinski definition) is 1. The van der Waals surface area contributed by atoms with Crippen LogP contribution < -0.4 is 15.2 Å². The Morgan fingerprint density at radius 3 is 2.58 bits per heavy atom. The summed E-state index contributed by atoms with van der Waals surface area (Å²) < 4.78 is 12.9. The highest BCUT2D eigenvalue weighted by Crippen LogP contribution is 2.34. The molecule has 2 rings (SSSR count). The maximum atomic E-state index is 5.85. The van der Waals surface area contributed by atoms with Crippen molar-refractivity contribution in [1.82, 2.24) is 4.57 Å². The van der Waals surface area contributed by atoms with E-state index in [0.29, 0.717) is 0 Å². The highest BCUT2D eigenvalue weighted by Gasteiger charge is 2.13. The first-order chi connectivity index (χ1) is 9.06. The number of nitrogens with zero attached hydrogens (tertiary/aromatic N) is 1. The Balaban J connectivity index is 2.53. The summed E-state index contributed by atoms with van der Waals surface area (Å²) in [6.45, 7) is 2.03.